The van der Waals surface area contributed by atoms with Crippen LogP contribution in [0.1, 0.15) is 29.6 Å². The Bertz CT molecular complexity index is 578. The summed E-state index contributed by atoms with van der Waals surface area (Å²) in [6.45, 7) is 0. The second-order valence-electron chi connectivity index (χ2n) is 4.33. The first kappa shape index (κ1) is 13.3. The summed E-state index contributed by atoms with van der Waals surface area (Å²) < 4.78 is 17.6. The number of H-pyrrole nitrogens is 1. The molecule has 0 spiro atoms. The number of anilines is 1. The lowest BCUT2D eigenvalue weighted by molar-refractivity contribution is -0.139. The van der Waals surface area contributed by atoms with Crippen molar-refractivity contribution in [1.29, 1.82) is 0 Å². The number of carbonyl (C=O) groups is 2. The zero-order valence-electron chi connectivity index (χ0n) is 10.3. The van der Waals surface area contributed by atoms with Crippen LogP contribution in [0.2, 0.25) is 0 Å². The third kappa shape index (κ3) is 3.18. The van der Waals surface area contributed by atoms with Gasteiger partial charge in [-0.05, 0) is 18.9 Å². The summed E-state index contributed by atoms with van der Waals surface area (Å²) in [6, 6.07) is 1.01. The third-order valence-electron chi connectivity index (χ3n) is 2.75. The zero-order chi connectivity index (χ0) is 14.0. The number of esters is 1. The highest BCUT2D eigenvalue weighted by Gasteiger charge is 2.25. The number of nitrogens with one attached hydrogen (secondary N) is 2. The number of hydrogen-bond acceptors (Lipinski definition) is 5. The van der Waals surface area contributed by atoms with Crippen LogP contribution in [0.4, 0.5) is 10.2 Å². The molecule has 102 valence electrons. The molecule has 0 aromatic carbocycles. The predicted octanol–water partition coefficient (Wildman–Crippen LogP) is 0.834. The Balaban J connectivity index is 2.30. The van der Waals surface area contributed by atoms with Crippen molar-refractivity contribution in [3.63, 3.8) is 0 Å². The molecular weight excluding hydrogens is 255 g/mol. The van der Waals surface area contributed by atoms with Gasteiger partial charge in [-0.25, -0.2) is 4.39 Å². The summed E-state index contributed by atoms with van der Waals surface area (Å²) >= 11 is 0. The molecule has 1 aromatic rings. The Morgan fingerprint density at radius 1 is 1.53 bits per heavy atom. The number of ether oxygens (including phenoxy) is 1. The maximum absolute atomic E-state index is 13.3. The van der Waals surface area contributed by atoms with Gasteiger partial charge in [0.1, 0.15) is 12.2 Å². The molecule has 2 rings (SSSR count). The molecule has 0 saturated heterocycles. The van der Waals surface area contributed by atoms with Gasteiger partial charge in [0.25, 0.3) is 5.56 Å². The molecule has 1 aromatic heterocycles. The second kappa shape index (κ2) is 5.21. The summed E-state index contributed by atoms with van der Waals surface area (Å²) in [5.41, 5.74) is -0.952. The second-order valence-corrected chi connectivity index (χ2v) is 4.33. The molecular formula is C12H13FN2O4. The first-order chi connectivity index (χ1) is 9.01. The third-order valence-corrected chi connectivity index (χ3v) is 2.75. The molecule has 6 nitrogen and oxygen atoms in total. The summed E-state index contributed by atoms with van der Waals surface area (Å²) in [5, 5.41) is 2.93. The molecule has 0 aliphatic heterocycles. The Labute approximate surface area is 108 Å². The molecule has 0 amide bonds. The fraction of sp³-hybridized carbons (Fsp3) is 0.417. The van der Waals surface area contributed by atoms with E-state index in [4.69, 9.17) is 0 Å². The molecule has 1 heterocycles. The number of rotatable bonds is 5. The van der Waals surface area contributed by atoms with E-state index >= 15 is 0 Å². The van der Waals surface area contributed by atoms with Crippen LogP contribution < -0.4 is 10.9 Å². The Morgan fingerprint density at radius 2 is 2.21 bits per heavy atom. The van der Waals surface area contributed by atoms with Crippen LogP contribution in [-0.2, 0) is 9.53 Å². The van der Waals surface area contributed by atoms with Crippen LogP contribution in [0, 0.1) is 5.82 Å². The highest BCUT2D eigenvalue weighted by molar-refractivity contribution is 6.08. The molecule has 1 fully saturated rings. The topological polar surface area (TPSA) is 88.3 Å². The summed E-state index contributed by atoms with van der Waals surface area (Å²) in [7, 11) is 1.16. The number of pyridine rings is 1. The van der Waals surface area contributed by atoms with Crippen molar-refractivity contribution in [2.24, 2.45) is 0 Å². The Hall–Kier alpha value is -2.18. The van der Waals surface area contributed by atoms with Gasteiger partial charge < -0.3 is 15.0 Å². The summed E-state index contributed by atoms with van der Waals surface area (Å²) in [6.07, 6.45) is 1.34. The van der Waals surface area contributed by atoms with Crippen molar-refractivity contribution in [3.05, 3.63) is 27.8 Å². The molecule has 0 radical (unpaired) electrons. The van der Waals surface area contributed by atoms with E-state index in [0.717, 1.165) is 26.0 Å². The van der Waals surface area contributed by atoms with Crippen molar-refractivity contribution < 1.29 is 18.7 Å². The largest absolute Gasteiger partial charge is 0.469 e. The Morgan fingerprint density at radius 3 is 2.79 bits per heavy atom. The lowest BCUT2D eigenvalue weighted by Crippen LogP contribution is -2.20. The normalized spacial score (nSPS) is 14.0. The van der Waals surface area contributed by atoms with E-state index in [9.17, 15) is 18.8 Å². The number of hydrogen-bond donors (Lipinski definition) is 2. The number of methoxy groups -OCH3 is 1. The van der Waals surface area contributed by atoms with Crippen molar-refractivity contribution in [1.82, 2.24) is 4.98 Å². The monoisotopic (exact) mass is 268 g/mol. The number of aromatic amines is 1. The minimum atomic E-state index is -1.06. The van der Waals surface area contributed by atoms with Crippen molar-refractivity contribution in [3.8, 4) is 0 Å². The number of Topliss-reactive ketones (excluding diaryl/α,β-unsaturated/α-hetero) is 1. The number of halogens is 1. The van der Waals surface area contributed by atoms with Gasteiger partial charge in [0, 0.05) is 6.04 Å². The molecule has 1 aliphatic rings. The van der Waals surface area contributed by atoms with Gasteiger partial charge in [-0.1, -0.05) is 0 Å². The molecule has 0 unspecified atom stereocenters. The number of carbonyl (C=O) groups excluding carboxylic acids is 2. The standard InChI is InChI=1S/C12H13FN2O4/c1-19-10(17)5-9(16)7-4-8(13)12(18)15-11(7)14-6-2-3-6/h4,6H,2-3,5H2,1H3,(H2,14,15,18). The van der Waals surface area contributed by atoms with Crippen LogP contribution >= 0.6 is 0 Å². The van der Waals surface area contributed by atoms with Gasteiger partial charge in [0.15, 0.2) is 11.6 Å². The van der Waals surface area contributed by atoms with Gasteiger partial charge in [-0.2, -0.15) is 0 Å². The molecule has 0 atom stereocenters. The van der Waals surface area contributed by atoms with Crippen LogP contribution in [0.3, 0.4) is 0 Å². The van der Waals surface area contributed by atoms with E-state index in [2.05, 4.69) is 15.0 Å². The molecule has 7 heteroatoms. The maximum atomic E-state index is 13.3. The molecule has 1 aliphatic carbocycles. The van der Waals surface area contributed by atoms with E-state index in [1.165, 1.54) is 0 Å². The van der Waals surface area contributed by atoms with Gasteiger partial charge in [-0.15, -0.1) is 0 Å². The van der Waals surface area contributed by atoms with Crippen LogP contribution in [0.25, 0.3) is 0 Å². The number of aromatic nitrogens is 1. The van der Waals surface area contributed by atoms with Gasteiger partial charge in [0.05, 0.1) is 12.7 Å². The highest BCUT2D eigenvalue weighted by Crippen LogP contribution is 2.25. The van der Waals surface area contributed by atoms with Crippen LogP contribution in [-0.4, -0.2) is 29.9 Å². The number of ketones is 1. The SMILES string of the molecule is COC(=O)CC(=O)c1cc(F)c(=O)[nH]c1NC1CC1. The summed E-state index contributed by atoms with van der Waals surface area (Å²) in [5.74, 6) is -2.23. The van der Waals surface area contributed by atoms with E-state index < -0.39 is 29.5 Å². The predicted molar refractivity (Wildman–Crippen MR) is 64.6 cm³/mol. The van der Waals surface area contributed by atoms with E-state index in [-0.39, 0.29) is 17.4 Å². The first-order valence-corrected chi connectivity index (χ1v) is 5.80. The quantitative estimate of drug-likeness (QED) is 0.469. The average Bonchev–Trinajstić information content (AvgIpc) is 3.17. The highest BCUT2D eigenvalue weighted by atomic mass is 19.1. The van der Waals surface area contributed by atoms with Crippen LogP contribution in [0.5, 0.6) is 0 Å². The molecule has 19 heavy (non-hydrogen) atoms. The maximum Gasteiger partial charge on any atom is 0.313 e. The lowest BCUT2D eigenvalue weighted by Gasteiger charge is -2.10. The van der Waals surface area contributed by atoms with Gasteiger partial charge in [0.2, 0.25) is 0 Å². The lowest BCUT2D eigenvalue weighted by atomic mass is 10.1. The molecule has 2 N–H and O–H groups in total. The van der Waals surface area contributed by atoms with Crippen molar-refractivity contribution in [2.75, 3.05) is 12.4 Å². The fourth-order valence-electron chi connectivity index (χ4n) is 1.57. The van der Waals surface area contributed by atoms with E-state index in [1.54, 1.807) is 0 Å². The van der Waals surface area contributed by atoms with Gasteiger partial charge in [-0.3, -0.25) is 14.4 Å². The zero-order valence-corrected chi connectivity index (χ0v) is 10.3. The van der Waals surface area contributed by atoms with Gasteiger partial charge >= 0.3 is 5.97 Å². The first-order valence-electron chi connectivity index (χ1n) is 5.80. The van der Waals surface area contributed by atoms with Crippen LogP contribution in [0.15, 0.2) is 10.9 Å². The fourth-order valence-corrected chi connectivity index (χ4v) is 1.57. The smallest absolute Gasteiger partial charge is 0.313 e. The minimum Gasteiger partial charge on any atom is -0.469 e. The van der Waals surface area contributed by atoms with Crippen molar-refractivity contribution in [2.45, 2.75) is 25.3 Å². The minimum absolute atomic E-state index is 0.0469. The molecule has 1 saturated carbocycles. The Kier molecular flexibility index (Phi) is 3.64. The van der Waals surface area contributed by atoms with E-state index in [1.807, 2.05) is 0 Å². The van der Waals surface area contributed by atoms with Crippen molar-refractivity contribution >= 4 is 17.6 Å². The molecule has 0 bridgehead atoms. The average molecular weight is 268 g/mol. The summed E-state index contributed by atoms with van der Waals surface area (Å²) in [4.78, 5) is 36.4. The van der Waals surface area contributed by atoms with E-state index in [0.29, 0.717) is 0 Å².